The number of aliphatic carboxylic acids is 1. The number of carbonyl (C=O) groups is 2. The zero-order chi connectivity index (χ0) is 12.8. The Balaban J connectivity index is 2.52. The molecule has 0 unspecified atom stereocenters. The summed E-state index contributed by atoms with van der Waals surface area (Å²) in [5, 5.41) is 15.2. The lowest BCUT2D eigenvalue weighted by Crippen LogP contribution is -2.20. The molecule has 2 N–H and O–H groups in total. The van der Waals surface area contributed by atoms with Crippen molar-refractivity contribution in [1.29, 1.82) is 0 Å². The topological polar surface area (TPSA) is 84.2 Å². The first-order valence-electron chi connectivity index (χ1n) is 5.24. The highest BCUT2D eigenvalue weighted by Gasteiger charge is 2.04. The Morgan fingerprint density at radius 1 is 1.53 bits per heavy atom. The van der Waals surface area contributed by atoms with Crippen LogP contribution in [0.5, 0.6) is 0 Å². The molecule has 0 aromatic carbocycles. The number of nitrogens with zero attached hydrogens (tertiary/aromatic N) is 2. The molecule has 0 saturated carbocycles. The average molecular weight is 237 g/mol. The van der Waals surface area contributed by atoms with Crippen LogP contribution in [0.1, 0.15) is 18.2 Å². The van der Waals surface area contributed by atoms with Crippen LogP contribution in [-0.2, 0) is 22.7 Å². The van der Waals surface area contributed by atoms with Gasteiger partial charge in [0, 0.05) is 37.0 Å². The fourth-order valence-corrected chi connectivity index (χ4v) is 1.28. The number of aromatic nitrogens is 2. The normalized spacial score (nSPS) is 10.7. The molecule has 6 heteroatoms. The molecule has 0 aliphatic carbocycles. The van der Waals surface area contributed by atoms with Crippen LogP contribution in [0.2, 0.25) is 0 Å². The first-order valence-corrected chi connectivity index (χ1v) is 5.24. The Morgan fingerprint density at radius 3 is 2.76 bits per heavy atom. The second-order valence-electron chi connectivity index (χ2n) is 3.48. The summed E-state index contributed by atoms with van der Waals surface area (Å²) in [5.74, 6) is -1.58. The van der Waals surface area contributed by atoms with Gasteiger partial charge in [-0.2, -0.15) is 5.10 Å². The molecule has 1 heterocycles. The van der Waals surface area contributed by atoms with Crippen molar-refractivity contribution >= 4 is 11.9 Å². The van der Waals surface area contributed by atoms with Crippen molar-refractivity contribution in [2.24, 2.45) is 0 Å². The lowest BCUT2D eigenvalue weighted by atomic mass is 10.2. The van der Waals surface area contributed by atoms with E-state index in [-0.39, 0.29) is 0 Å². The van der Waals surface area contributed by atoms with Crippen LogP contribution >= 0.6 is 0 Å². The Morgan fingerprint density at radius 2 is 2.24 bits per heavy atom. The van der Waals surface area contributed by atoms with Crippen molar-refractivity contribution in [3.05, 3.63) is 29.6 Å². The summed E-state index contributed by atoms with van der Waals surface area (Å²) >= 11 is 0. The van der Waals surface area contributed by atoms with Crippen molar-refractivity contribution < 1.29 is 14.7 Å². The smallest absolute Gasteiger partial charge is 0.328 e. The second-order valence-corrected chi connectivity index (χ2v) is 3.48. The number of carboxylic acid groups (broad SMARTS) is 1. The summed E-state index contributed by atoms with van der Waals surface area (Å²) < 4.78 is 1.78. The van der Waals surface area contributed by atoms with Crippen LogP contribution in [0.15, 0.2) is 18.3 Å². The Kier molecular flexibility index (Phi) is 4.45. The summed E-state index contributed by atoms with van der Waals surface area (Å²) in [6, 6.07) is 0. The number of hydrogen-bond acceptors (Lipinski definition) is 3. The molecule has 0 bridgehead atoms. The van der Waals surface area contributed by atoms with Crippen molar-refractivity contribution in [2.75, 3.05) is 0 Å². The lowest BCUT2D eigenvalue weighted by molar-refractivity contribution is -0.131. The van der Waals surface area contributed by atoms with Gasteiger partial charge in [0.2, 0.25) is 5.91 Å². The van der Waals surface area contributed by atoms with Gasteiger partial charge in [0.05, 0.1) is 5.69 Å². The number of amides is 1. The summed E-state index contributed by atoms with van der Waals surface area (Å²) in [4.78, 5) is 21.4. The molecule has 1 aromatic heterocycles. The molecule has 0 aliphatic rings. The van der Waals surface area contributed by atoms with Gasteiger partial charge in [-0.05, 0) is 13.8 Å². The zero-order valence-corrected chi connectivity index (χ0v) is 9.80. The van der Waals surface area contributed by atoms with Gasteiger partial charge in [0.15, 0.2) is 0 Å². The van der Waals surface area contributed by atoms with Crippen LogP contribution in [0.3, 0.4) is 0 Å². The number of carboxylic acids is 1. The highest BCUT2D eigenvalue weighted by Crippen LogP contribution is 2.04. The van der Waals surface area contributed by atoms with E-state index in [0.29, 0.717) is 6.54 Å². The van der Waals surface area contributed by atoms with Gasteiger partial charge in [-0.1, -0.05) is 0 Å². The van der Waals surface area contributed by atoms with Crippen molar-refractivity contribution in [3.8, 4) is 0 Å². The van der Waals surface area contributed by atoms with E-state index in [0.717, 1.165) is 30.0 Å². The summed E-state index contributed by atoms with van der Waals surface area (Å²) in [7, 11) is 0. The van der Waals surface area contributed by atoms with Crippen LogP contribution in [0.4, 0.5) is 0 Å². The summed E-state index contributed by atoms with van der Waals surface area (Å²) in [6.45, 7) is 4.95. The fraction of sp³-hybridized carbons (Fsp3) is 0.364. The van der Waals surface area contributed by atoms with Gasteiger partial charge >= 0.3 is 5.97 Å². The molecule has 0 spiro atoms. The summed E-state index contributed by atoms with van der Waals surface area (Å²) in [6.07, 6.45) is 3.65. The molecule has 0 saturated heterocycles. The number of rotatable bonds is 5. The lowest BCUT2D eigenvalue weighted by Gasteiger charge is -1.99. The Bertz CT molecular complexity index is 449. The van der Waals surface area contributed by atoms with Gasteiger partial charge in [0.1, 0.15) is 0 Å². The third kappa shape index (κ3) is 4.10. The minimum Gasteiger partial charge on any atom is -0.478 e. The largest absolute Gasteiger partial charge is 0.478 e. The van der Waals surface area contributed by atoms with E-state index in [2.05, 4.69) is 10.4 Å². The SMILES string of the molecule is CCn1cc(CNC(=O)/C=C/C(=O)O)c(C)n1. The number of nitrogens with one attached hydrogen (secondary N) is 1. The maximum atomic E-state index is 11.2. The van der Waals surface area contributed by atoms with Crippen molar-refractivity contribution in [2.45, 2.75) is 26.9 Å². The molecule has 17 heavy (non-hydrogen) atoms. The number of aryl methyl sites for hydroxylation is 2. The Hall–Kier alpha value is -2.11. The molecule has 92 valence electrons. The highest BCUT2D eigenvalue weighted by molar-refractivity contribution is 5.93. The minimum atomic E-state index is -1.14. The monoisotopic (exact) mass is 237 g/mol. The van der Waals surface area contributed by atoms with Gasteiger partial charge in [-0.3, -0.25) is 9.48 Å². The maximum absolute atomic E-state index is 11.2. The van der Waals surface area contributed by atoms with E-state index in [1.165, 1.54) is 0 Å². The second kappa shape index (κ2) is 5.83. The van der Waals surface area contributed by atoms with Gasteiger partial charge < -0.3 is 10.4 Å². The molecule has 0 fully saturated rings. The first-order chi connectivity index (χ1) is 8.02. The summed E-state index contributed by atoms with van der Waals surface area (Å²) in [5.41, 5.74) is 1.78. The van der Waals surface area contributed by atoms with E-state index < -0.39 is 11.9 Å². The third-order valence-corrected chi connectivity index (χ3v) is 2.20. The predicted molar refractivity (Wildman–Crippen MR) is 61.3 cm³/mol. The zero-order valence-electron chi connectivity index (χ0n) is 9.80. The molecular formula is C11H15N3O3. The minimum absolute atomic E-state index is 0.342. The molecule has 0 radical (unpaired) electrons. The molecule has 6 nitrogen and oxygen atoms in total. The van der Waals surface area contributed by atoms with Crippen molar-refractivity contribution in [1.82, 2.24) is 15.1 Å². The van der Waals surface area contributed by atoms with Crippen LogP contribution in [0, 0.1) is 6.92 Å². The molecule has 1 amide bonds. The quantitative estimate of drug-likeness (QED) is 0.729. The molecule has 1 rings (SSSR count). The molecule has 0 aliphatic heterocycles. The van der Waals surface area contributed by atoms with E-state index in [1.54, 1.807) is 4.68 Å². The van der Waals surface area contributed by atoms with E-state index >= 15 is 0 Å². The molecule has 0 atom stereocenters. The van der Waals surface area contributed by atoms with Gasteiger partial charge in [0.25, 0.3) is 0 Å². The van der Waals surface area contributed by atoms with Gasteiger partial charge in [-0.25, -0.2) is 4.79 Å². The van der Waals surface area contributed by atoms with E-state index in [1.807, 2.05) is 20.0 Å². The predicted octanol–water partition coefficient (Wildman–Crippen LogP) is 0.468. The molecular weight excluding hydrogens is 222 g/mol. The van der Waals surface area contributed by atoms with Crippen LogP contribution < -0.4 is 5.32 Å². The van der Waals surface area contributed by atoms with E-state index in [4.69, 9.17) is 5.11 Å². The maximum Gasteiger partial charge on any atom is 0.328 e. The van der Waals surface area contributed by atoms with Gasteiger partial charge in [-0.15, -0.1) is 0 Å². The molecule has 1 aromatic rings. The average Bonchev–Trinajstić information content (AvgIpc) is 2.64. The third-order valence-electron chi connectivity index (χ3n) is 2.20. The number of hydrogen-bond donors (Lipinski definition) is 2. The standard InChI is InChI=1S/C11H15N3O3/c1-3-14-7-9(8(2)13-14)6-12-10(15)4-5-11(16)17/h4-5,7H,3,6H2,1-2H3,(H,12,15)(H,16,17)/b5-4+. The van der Waals surface area contributed by atoms with Crippen LogP contribution in [-0.4, -0.2) is 26.8 Å². The Labute approximate surface area is 98.9 Å². The fourth-order valence-electron chi connectivity index (χ4n) is 1.28. The number of carbonyl (C=O) groups excluding carboxylic acids is 1. The highest BCUT2D eigenvalue weighted by atomic mass is 16.4. The first kappa shape index (κ1) is 13.0. The van der Waals surface area contributed by atoms with E-state index in [9.17, 15) is 9.59 Å². The van der Waals surface area contributed by atoms with Crippen molar-refractivity contribution in [3.63, 3.8) is 0 Å². The van der Waals surface area contributed by atoms with Crippen LogP contribution in [0.25, 0.3) is 0 Å².